The SMILES string of the molecule is CC1(C(=O)O)CCCCC1n1sc2ccccc2c1=O. The molecule has 0 spiro atoms. The minimum atomic E-state index is -0.844. The van der Waals surface area contributed by atoms with E-state index in [-0.39, 0.29) is 11.6 Å². The van der Waals surface area contributed by atoms with Gasteiger partial charge in [-0.05, 0) is 31.9 Å². The molecule has 5 heteroatoms. The van der Waals surface area contributed by atoms with Crippen LogP contribution in [0, 0.1) is 5.41 Å². The fourth-order valence-electron chi connectivity index (χ4n) is 3.13. The molecule has 0 bridgehead atoms. The van der Waals surface area contributed by atoms with E-state index >= 15 is 0 Å². The predicted octanol–water partition coefficient (Wildman–Crippen LogP) is 3.27. The van der Waals surface area contributed by atoms with E-state index in [1.807, 2.05) is 24.3 Å². The molecule has 1 aromatic heterocycles. The molecule has 0 amide bonds. The lowest BCUT2D eigenvalue weighted by Gasteiger charge is -2.37. The first kappa shape index (κ1) is 13.4. The number of rotatable bonds is 2. The van der Waals surface area contributed by atoms with Gasteiger partial charge in [-0.15, -0.1) is 0 Å². The summed E-state index contributed by atoms with van der Waals surface area (Å²) >= 11 is 1.39. The van der Waals surface area contributed by atoms with Gasteiger partial charge in [-0.25, -0.2) is 0 Å². The number of fused-ring (bicyclic) bond motifs is 1. The molecule has 3 rings (SSSR count). The third-order valence-corrected chi connectivity index (χ3v) is 5.61. The van der Waals surface area contributed by atoms with Crippen LogP contribution in [0.25, 0.3) is 10.1 Å². The molecular formula is C15H17NO3S. The summed E-state index contributed by atoms with van der Waals surface area (Å²) in [4.78, 5) is 24.2. The molecular weight excluding hydrogens is 274 g/mol. The van der Waals surface area contributed by atoms with Crippen molar-refractivity contribution in [2.24, 2.45) is 5.41 Å². The second-order valence-electron chi connectivity index (χ2n) is 5.70. The van der Waals surface area contributed by atoms with E-state index in [9.17, 15) is 14.7 Å². The number of aliphatic carboxylic acids is 1. The summed E-state index contributed by atoms with van der Waals surface area (Å²) in [6.45, 7) is 1.77. The fourth-order valence-corrected chi connectivity index (χ4v) is 4.39. The van der Waals surface area contributed by atoms with E-state index in [0.717, 1.165) is 24.0 Å². The van der Waals surface area contributed by atoms with Gasteiger partial charge in [-0.2, -0.15) is 0 Å². The number of carboxylic acids is 1. The van der Waals surface area contributed by atoms with Crippen molar-refractivity contribution >= 4 is 27.6 Å². The molecule has 1 heterocycles. The highest BCUT2D eigenvalue weighted by Crippen LogP contribution is 2.45. The molecule has 2 atom stereocenters. The summed E-state index contributed by atoms with van der Waals surface area (Å²) in [5.41, 5.74) is -0.895. The summed E-state index contributed by atoms with van der Waals surface area (Å²) in [6, 6.07) is 7.24. The number of carbonyl (C=O) groups is 1. The van der Waals surface area contributed by atoms with Crippen molar-refractivity contribution in [2.75, 3.05) is 0 Å². The van der Waals surface area contributed by atoms with Crippen LogP contribution >= 0.6 is 11.5 Å². The number of carboxylic acid groups (broad SMARTS) is 1. The van der Waals surface area contributed by atoms with Crippen molar-refractivity contribution in [3.05, 3.63) is 34.6 Å². The van der Waals surface area contributed by atoms with Gasteiger partial charge >= 0.3 is 5.97 Å². The highest BCUT2D eigenvalue weighted by Gasteiger charge is 2.45. The van der Waals surface area contributed by atoms with E-state index < -0.39 is 11.4 Å². The topological polar surface area (TPSA) is 59.3 Å². The summed E-state index contributed by atoms with van der Waals surface area (Å²) < 4.78 is 2.62. The maximum Gasteiger partial charge on any atom is 0.311 e. The third-order valence-electron chi connectivity index (χ3n) is 4.45. The zero-order valence-electron chi connectivity index (χ0n) is 11.3. The lowest BCUT2D eigenvalue weighted by atomic mass is 9.72. The van der Waals surface area contributed by atoms with Gasteiger partial charge in [-0.1, -0.05) is 36.5 Å². The zero-order chi connectivity index (χ0) is 14.3. The molecule has 0 aliphatic heterocycles. The van der Waals surface area contributed by atoms with Crippen LogP contribution in [0.15, 0.2) is 29.1 Å². The standard InChI is InChI=1S/C15H17NO3S/c1-15(14(18)19)9-5-4-8-12(15)16-13(17)10-6-2-3-7-11(10)20-16/h2-3,6-7,12H,4-5,8-9H2,1H3,(H,18,19). The molecule has 0 radical (unpaired) electrons. The van der Waals surface area contributed by atoms with Gasteiger partial charge in [0.15, 0.2) is 0 Å². The van der Waals surface area contributed by atoms with Crippen molar-refractivity contribution in [1.82, 2.24) is 3.96 Å². The molecule has 1 fully saturated rings. The van der Waals surface area contributed by atoms with Crippen molar-refractivity contribution in [3.8, 4) is 0 Å². The third kappa shape index (κ3) is 1.88. The monoisotopic (exact) mass is 291 g/mol. The van der Waals surface area contributed by atoms with Crippen LogP contribution in [0.3, 0.4) is 0 Å². The van der Waals surface area contributed by atoms with Gasteiger partial charge in [0.1, 0.15) is 0 Å². The highest BCUT2D eigenvalue weighted by atomic mass is 32.1. The van der Waals surface area contributed by atoms with Crippen LogP contribution in [-0.2, 0) is 4.79 Å². The van der Waals surface area contributed by atoms with Crippen molar-refractivity contribution in [2.45, 2.75) is 38.6 Å². The molecule has 2 aromatic rings. The summed E-state index contributed by atoms with van der Waals surface area (Å²) in [5, 5.41) is 10.3. The maximum atomic E-state index is 12.5. The number of aromatic nitrogens is 1. The average Bonchev–Trinajstić information content (AvgIpc) is 2.77. The molecule has 1 aliphatic rings. The van der Waals surface area contributed by atoms with Crippen molar-refractivity contribution in [1.29, 1.82) is 0 Å². The molecule has 0 saturated heterocycles. The highest BCUT2D eigenvalue weighted by molar-refractivity contribution is 7.13. The lowest BCUT2D eigenvalue weighted by molar-refractivity contribution is -0.152. The molecule has 106 valence electrons. The van der Waals surface area contributed by atoms with E-state index in [0.29, 0.717) is 11.8 Å². The number of nitrogens with zero attached hydrogens (tertiary/aromatic N) is 1. The Morgan fingerprint density at radius 2 is 2.15 bits per heavy atom. The van der Waals surface area contributed by atoms with Crippen molar-refractivity contribution in [3.63, 3.8) is 0 Å². The maximum absolute atomic E-state index is 12.5. The first-order valence-electron chi connectivity index (χ1n) is 6.88. The summed E-state index contributed by atoms with van der Waals surface area (Å²) in [6.07, 6.45) is 3.29. The van der Waals surface area contributed by atoms with Crippen LogP contribution in [0.1, 0.15) is 38.6 Å². The Labute approximate surface area is 120 Å². The molecule has 1 aliphatic carbocycles. The normalized spacial score (nSPS) is 26.8. The second kappa shape index (κ2) is 4.74. The Kier molecular flexibility index (Phi) is 3.17. The molecule has 1 saturated carbocycles. The molecule has 20 heavy (non-hydrogen) atoms. The first-order valence-corrected chi connectivity index (χ1v) is 7.65. The minimum absolute atomic E-state index is 0.0509. The largest absolute Gasteiger partial charge is 0.481 e. The van der Waals surface area contributed by atoms with Crippen LogP contribution in [0.5, 0.6) is 0 Å². The Morgan fingerprint density at radius 1 is 1.40 bits per heavy atom. The quantitative estimate of drug-likeness (QED) is 0.923. The van der Waals surface area contributed by atoms with E-state index in [1.165, 1.54) is 11.5 Å². The van der Waals surface area contributed by atoms with Gasteiger partial charge < -0.3 is 5.11 Å². The predicted molar refractivity (Wildman–Crippen MR) is 79.3 cm³/mol. The van der Waals surface area contributed by atoms with Gasteiger partial charge in [0.05, 0.1) is 21.5 Å². The van der Waals surface area contributed by atoms with E-state index in [1.54, 1.807) is 10.9 Å². The molecule has 1 N–H and O–H groups in total. The number of hydrogen-bond acceptors (Lipinski definition) is 3. The minimum Gasteiger partial charge on any atom is -0.481 e. The van der Waals surface area contributed by atoms with Crippen LogP contribution in [0.2, 0.25) is 0 Å². The van der Waals surface area contributed by atoms with Gasteiger partial charge in [0.25, 0.3) is 5.56 Å². The number of hydrogen-bond donors (Lipinski definition) is 1. The van der Waals surface area contributed by atoms with Crippen LogP contribution in [-0.4, -0.2) is 15.0 Å². The first-order chi connectivity index (χ1) is 9.54. The van der Waals surface area contributed by atoms with E-state index in [4.69, 9.17) is 0 Å². The Hall–Kier alpha value is -1.62. The summed E-state index contributed by atoms with van der Waals surface area (Å²) in [5.74, 6) is -0.799. The zero-order valence-corrected chi connectivity index (χ0v) is 12.2. The average molecular weight is 291 g/mol. The summed E-state index contributed by atoms with van der Waals surface area (Å²) in [7, 11) is 0. The molecule has 4 nitrogen and oxygen atoms in total. The van der Waals surface area contributed by atoms with Crippen LogP contribution in [0.4, 0.5) is 0 Å². The Bertz CT molecular complexity index is 717. The van der Waals surface area contributed by atoms with Gasteiger partial charge in [-0.3, -0.25) is 13.5 Å². The van der Waals surface area contributed by atoms with Crippen molar-refractivity contribution < 1.29 is 9.90 Å². The smallest absolute Gasteiger partial charge is 0.311 e. The Morgan fingerprint density at radius 3 is 2.85 bits per heavy atom. The number of benzene rings is 1. The van der Waals surface area contributed by atoms with Gasteiger partial charge in [0.2, 0.25) is 0 Å². The fraction of sp³-hybridized carbons (Fsp3) is 0.467. The lowest BCUT2D eigenvalue weighted by Crippen LogP contribution is -2.41. The molecule has 2 unspecified atom stereocenters. The van der Waals surface area contributed by atoms with E-state index in [2.05, 4.69) is 0 Å². The van der Waals surface area contributed by atoms with Crippen LogP contribution < -0.4 is 5.56 Å². The Balaban J connectivity index is 2.16. The second-order valence-corrected chi connectivity index (χ2v) is 6.72. The van der Waals surface area contributed by atoms with Gasteiger partial charge in [0, 0.05) is 0 Å². The molecule has 1 aromatic carbocycles.